The Morgan fingerprint density at radius 2 is 1.88 bits per heavy atom. The highest BCUT2D eigenvalue weighted by atomic mass is 32.2. The van der Waals surface area contributed by atoms with Gasteiger partial charge in [0, 0.05) is 11.3 Å². The van der Waals surface area contributed by atoms with Crippen molar-refractivity contribution in [3.05, 3.63) is 71.5 Å². The number of hydrogen-bond donors (Lipinski definition) is 3. The third kappa shape index (κ3) is 6.52. The first-order valence-electron chi connectivity index (χ1n) is 9.75. The lowest BCUT2D eigenvalue weighted by Crippen LogP contribution is -2.16. The van der Waals surface area contributed by atoms with Gasteiger partial charge in [-0.1, -0.05) is 83.4 Å². The van der Waals surface area contributed by atoms with Crippen molar-refractivity contribution in [2.45, 2.75) is 15.2 Å². The number of amides is 1. The molecule has 0 aliphatic rings. The maximum absolute atomic E-state index is 13.6. The van der Waals surface area contributed by atoms with E-state index in [0.717, 1.165) is 26.5 Å². The largest absolute Gasteiger partial charge is 0.334 e. The number of nitrogens with one attached hydrogen (secondary N) is 2. The number of nitrogen functional groups attached to an aromatic ring is 1. The van der Waals surface area contributed by atoms with Crippen LogP contribution in [0.2, 0.25) is 0 Å². The Morgan fingerprint density at radius 1 is 1.09 bits per heavy atom. The van der Waals surface area contributed by atoms with Crippen LogP contribution in [0.5, 0.6) is 0 Å². The summed E-state index contributed by atoms with van der Waals surface area (Å²) in [5.41, 5.74) is 4.09. The monoisotopic (exact) mass is 515 g/mol. The number of carbonyl (C=O) groups is 1. The highest BCUT2D eigenvalue weighted by Gasteiger charge is 2.14. The van der Waals surface area contributed by atoms with Crippen LogP contribution in [0.15, 0.2) is 69.2 Å². The van der Waals surface area contributed by atoms with Gasteiger partial charge in [0.15, 0.2) is 4.34 Å². The Balaban J connectivity index is 1.24. The average Bonchev–Trinajstić information content (AvgIpc) is 3.44. The van der Waals surface area contributed by atoms with Crippen LogP contribution in [-0.4, -0.2) is 42.9 Å². The second kappa shape index (κ2) is 11.6. The molecule has 0 saturated heterocycles. The summed E-state index contributed by atoms with van der Waals surface area (Å²) in [4.78, 5) is 12.3. The molecule has 0 aliphatic heterocycles. The second-order valence-electron chi connectivity index (χ2n) is 6.55. The summed E-state index contributed by atoms with van der Waals surface area (Å²) in [6.07, 6.45) is 1.30. The third-order valence-corrected chi connectivity index (χ3v) is 7.11. The van der Waals surface area contributed by atoms with Crippen molar-refractivity contribution in [2.24, 2.45) is 5.10 Å². The number of aromatic nitrogens is 5. The number of nitrogens with zero attached hydrogens (tertiary/aromatic N) is 6. The van der Waals surface area contributed by atoms with Crippen LogP contribution < -0.4 is 16.6 Å². The number of benzene rings is 2. The van der Waals surface area contributed by atoms with E-state index in [-0.39, 0.29) is 17.6 Å². The molecule has 174 valence electrons. The van der Waals surface area contributed by atoms with E-state index in [1.54, 1.807) is 30.0 Å². The molecule has 2 heterocycles. The fraction of sp³-hybridized carbons (Fsp3) is 0.100. The second-order valence-corrected chi connectivity index (χ2v) is 9.69. The molecule has 1 amide bonds. The van der Waals surface area contributed by atoms with Gasteiger partial charge in [-0.25, -0.2) is 14.5 Å². The first-order valence-corrected chi connectivity index (χ1v) is 12.5. The molecule has 14 heteroatoms. The minimum absolute atomic E-state index is 0.0416. The van der Waals surface area contributed by atoms with Gasteiger partial charge < -0.3 is 5.84 Å². The molecule has 0 bridgehead atoms. The molecule has 0 saturated carbocycles. The zero-order valence-corrected chi connectivity index (χ0v) is 19.9. The van der Waals surface area contributed by atoms with Crippen LogP contribution >= 0.6 is 34.9 Å². The van der Waals surface area contributed by atoms with E-state index in [4.69, 9.17) is 5.84 Å². The van der Waals surface area contributed by atoms with Gasteiger partial charge in [-0.15, -0.1) is 20.4 Å². The Morgan fingerprint density at radius 3 is 2.71 bits per heavy atom. The van der Waals surface area contributed by atoms with Gasteiger partial charge in [0.2, 0.25) is 16.2 Å². The number of hydrazone groups is 1. The van der Waals surface area contributed by atoms with Crippen molar-refractivity contribution in [3.63, 3.8) is 0 Å². The van der Waals surface area contributed by atoms with Crippen LogP contribution in [0.3, 0.4) is 0 Å². The Kier molecular flexibility index (Phi) is 8.06. The molecule has 4 rings (SSSR count). The van der Waals surface area contributed by atoms with Crippen molar-refractivity contribution in [1.29, 1.82) is 0 Å². The lowest BCUT2D eigenvalue weighted by molar-refractivity contribution is -0.113. The zero-order valence-electron chi connectivity index (χ0n) is 17.5. The highest BCUT2D eigenvalue weighted by molar-refractivity contribution is 8.00. The normalized spacial score (nSPS) is 11.1. The maximum atomic E-state index is 13.6. The topological polar surface area (TPSA) is 136 Å². The van der Waals surface area contributed by atoms with E-state index >= 15 is 0 Å². The first-order chi connectivity index (χ1) is 16.6. The number of thioether (sulfide) groups is 2. The van der Waals surface area contributed by atoms with Gasteiger partial charge in [0.25, 0.3) is 5.95 Å². The van der Waals surface area contributed by atoms with Gasteiger partial charge in [-0.3, -0.25) is 10.1 Å². The average molecular weight is 516 g/mol. The molecule has 0 unspecified atom stereocenters. The molecule has 34 heavy (non-hydrogen) atoms. The summed E-state index contributed by atoms with van der Waals surface area (Å²) in [6, 6.07) is 16.2. The minimum atomic E-state index is -0.401. The molecule has 4 N–H and O–H groups in total. The van der Waals surface area contributed by atoms with Crippen molar-refractivity contribution in [1.82, 2.24) is 25.1 Å². The predicted molar refractivity (Wildman–Crippen MR) is 133 cm³/mol. The Labute approximate surface area is 206 Å². The van der Waals surface area contributed by atoms with Crippen molar-refractivity contribution >= 4 is 58.1 Å². The smallest absolute Gasteiger partial charge is 0.264 e. The van der Waals surface area contributed by atoms with E-state index < -0.39 is 5.82 Å². The zero-order chi connectivity index (χ0) is 23.8. The van der Waals surface area contributed by atoms with Crippen LogP contribution in [0, 0.1) is 5.82 Å². The molecular formula is C20H18FN9OS3. The Hall–Kier alpha value is -3.49. The molecule has 0 spiro atoms. The Bertz CT molecular complexity index is 1280. The molecule has 10 nitrogen and oxygen atoms in total. The summed E-state index contributed by atoms with van der Waals surface area (Å²) in [6.45, 7) is 0. The van der Waals surface area contributed by atoms with Gasteiger partial charge >= 0.3 is 0 Å². The quantitative estimate of drug-likeness (QED) is 0.0953. The number of rotatable bonds is 10. The number of halogens is 1. The van der Waals surface area contributed by atoms with Gasteiger partial charge in [-0.05, 0) is 11.6 Å². The van der Waals surface area contributed by atoms with Gasteiger partial charge in [0.1, 0.15) is 5.82 Å². The summed E-state index contributed by atoms with van der Waals surface area (Å²) in [7, 11) is 0. The SMILES string of the molecule is Nn1c(N/N=C/c2ccccc2F)nnc1SCC(=O)Nc1nnc(SCc2ccccc2)s1. The van der Waals surface area contributed by atoms with E-state index in [1.807, 2.05) is 30.3 Å². The van der Waals surface area contributed by atoms with E-state index in [2.05, 4.69) is 36.2 Å². The highest BCUT2D eigenvalue weighted by Crippen LogP contribution is 2.28. The fourth-order valence-electron chi connectivity index (χ4n) is 2.51. The predicted octanol–water partition coefficient (Wildman–Crippen LogP) is 3.45. The molecule has 0 fully saturated rings. The lowest BCUT2D eigenvalue weighted by atomic mass is 10.2. The minimum Gasteiger partial charge on any atom is -0.334 e. The molecule has 2 aromatic heterocycles. The first kappa shape index (κ1) is 23.7. The molecule has 2 aromatic carbocycles. The standard InChI is InChI=1S/C20H18FN9OS3/c21-15-9-5-4-8-14(15)10-23-25-17-26-28-19(30(17)22)32-12-16(31)24-18-27-29-20(34-18)33-11-13-6-2-1-3-7-13/h1-10H,11-12,22H2,(H,25,26)(H,24,27,31)/b23-10+. The van der Waals surface area contributed by atoms with E-state index in [1.165, 1.54) is 29.2 Å². The van der Waals surface area contributed by atoms with Crippen molar-refractivity contribution < 1.29 is 9.18 Å². The fourth-order valence-corrected chi connectivity index (χ4v) is 4.89. The van der Waals surface area contributed by atoms with Gasteiger partial charge in [-0.2, -0.15) is 5.10 Å². The summed E-state index contributed by atoms with van der Waals surface area (Å²) in [5.74, 6) is 6.21. The van der Waals surface area contributed by atoms with E-state index in [9.17, 15) is 9.18 Å². The van der Waals surface area contributed by atoms with Crippen LogP contribution in [0.1, 0.15) is 11.1 Å². The molecule has 0 atom stereocenters. The summed E-state index contributed by atoms with van der Waals surface area (Å²) < 4.78 is 15.5. The third-order valence-electron chi connectivity index (χ3n) is 4.13. The van der Waals surface area contributed by atoms with Crippen molar-refractivity contribution in [2.75, 3.05) is 22.3 Å². The van der Waals surface area contributed by atoms with E-state index in [0.29, 0.717) is 15.9 Å². The van der Waals surface area contributed by atoms with Crippen LogP contribution in [0.4, 0.5) is 15.5 Å². The number of nitrogens with two attached hydrogens (primary N) is 1. The number of hydrogen-bond acceptors (Lipinski definition) is 11. The van der Waals surface area contributed by atoms with Crippen molar-refractivity contribution in [3.8, 4) is 0 Å². The summed E-state index contributed by atoms with van der Waals surface area (Å²) >= 11 is 3.95. The molecule has 0 aliphatic carbocycles. The van der Waals surface area contributed by atoms with Gasteiger partial charge in [0.05, 0.1) is 12.0 Å². The summed E-state index contributed by atoms with van der Waals surface area (Å²) in [5, 5.41) is 23.2. The maximum Gasteiger partial charge on any atom is 0.264 e. The number of anilines is 2. The molecule has 0 radical (unpaired) electrons. The molecular weight excluding hydrogens is 497 g/mol. The lowest BCUT2D eigenvalue weighted by Gasteiger charge is -2.03. The number of carbonyl (C=O) groups excluding carboxylic acids is 1. The molecule has 4 aromatic rings. The van der Waals surface area contributed by atoms with Crippen LogP contribution in [-0.2, 0) is 10.5 Å². The van der Waals surface area contributed by atoms with Crippen LogP contribution in [0.25, 0.3) is 0 Å².